The van der Waals surface area contributed by atoms with Crippen molar-refractivity contribution < 1.29 is 4.74 Å². The van der Waals surface area contributed by atoms with Crippen LogP contribution in [-0.4, -0.2) is 26.1 Å². The monoisotopic (exact) mass is 427 g/mol. The summed E-state index contributed by atoms with van der Waals surface area (Å²) in [5, 5.41) is 3.27. The fourth-order valence-corrected chi connectivity index (χ4v) is 3.31. The van der Waals surface area contributed by atoms with Gasteiger partial charge in [-0.15, -0.1) is 0 Å². The third kappa shape index (κ3) is 5.57. The third-order valence-electron chi connectivity index (χ3n) is 5.09. The smallest absolute Gasteiger partial charge is 0.255 e. The van der Waals surface area contributed by atoms with Gasteiger partial charge >= 0.3 is 0 Å². The number of anilines is 1. The minimum absolute atomic E-state index is 0.124. The standard InChI is InChI=1S/C25H25N5O2/c1-30-24(31)17-23(21-9-13-27-14-10-21)29-25(30)28-18-20-4-2-6-22(16-20)32-15-3-5-19-7-11-26-12-8-19/h2,4,6-14,16-17H,3,5,15,18H2,1H3,(H,28,29). The number of hydrogen-bond acceptors (Lipinski definition) is 6. The molecule has 162 valence electrons. The Hall–Kier alpha value is -4.00. The summed E-state index contributed by atoms with van der Waals surface area (Å²) in [5.41, 5.74) is 3.64. The minimum Gasteiger partial charge on any atom is -0.494 e. The predicted octanol–water partition coefficient (Wildman–Crippen LogP) is 3.86. The molecule has 0 fully saturated rings. The summed E-state index contributed by atoms with van der Waals surface area (Å²) in [6.07, 6.45) is 8.88. The van der Waals surface area contributed by atoms with E-state index in [0.29, 0.717) is 24.8 Å². The Morgan fingerprint density at radius 1 is 0.938 bits per heavy atom. The molecule has 1 aromatic carbocycles. The fraction of sp³-hybridized carbons (Fsp3) is 0.200. The van der Waals surface area contributed by atoms with Crippen molar-refractivity contribution in [3.63, 3.8) is 0 Å². The van der Waals surface area contributed by atoms with Gasteiger partial charge in [0.2, 0.25) is 5.95 Å². The fourth-order valence-electron chi connectivity index (χ4n) is 3.31. The normalized spacial score (nSPS) is 10.7. The Labute approximate surface area is 186 Å². The van der Waals surface area contributed by atoms with E-state index in [1.54, 1.807) is 19.4 Å². The zero-order valence-corrected chi connectivity index (χ0v) is 17.9. The number of benzene rings is 1. The van der Waals surface area contributed by atoms with Crippen molar-refractivity contribution in [3.8, 4) is 17.0 Å². The number of pyridine rings is 2. The molecule has 3 aromatic heterocycles. The number of aromatic nitrogens is 4. The highest BCUT2D eigenvalue weighted by Crippen LogP contribution is 2.18. The lowest BCUT2D eigenvalue weighted by Gasteiger charge is -2.13. The molecule has 4 aromatic rings. The Morgan fingerprint density at radius 2 is 1.69 bits per heavy atom. The largest absolute Gasteiger partial charge is 0.494 e. The maximum atomic E-state index is 12.4. The molecular weight excluding hydrogens is 402 g/mol. The zero-order valence-electron chi connectivity index (χ0n) is 17.9. The number of hydrogen-bond donors (Lipinski definition) is 1. The summed E-state index contributed by atoms with van der Waals surface area (Å²) in [6, 6.07) is 17.2. The van der Waals surface area contributed by atoms with Crippen molar-refractivity contribution in [2.75, 3.05) is 11.9 Å². The summed E-state index contributed by atoms with van der Waals surface area (Å²) in [6.45, 7) is 1.16. The Balaban J connectivity index is 1.37. The van der Waals surface area contributed by atoms with E-state index < -0.39 is 0 Å². The van der Waals surface area contributed by atoms with Crippen LogP contribution in [0.3, 0.4) is 0 Å². The van der Waals surface area contributed by atoms with Gasteiger partial charge in [0, 0.05) is 50.0 Å². The third-order valence-corrected chi connectivity index (χ3v) is 5.09. The van der Waals surface area contributed by atoms with Crippen LogP contribution >= 0.6 is 0 Å². The molecule has 0 aliphatic rings. The number of rotatable bonds is 9. The van der Waals surface area contributed by atoms with Gasteiger partial charge in [0.05, 0.1) is 12.3 Å². The van der Waals surface area contributed by atoms with Crippen molar-refractivity contribution in [2.45, 2.75) is 19.4 Å². The molecule has 0 bridgehead atoms. The molecule has 4 rings (SSSR count). The second-order valence-corrected chi connectivity index (χ2v) is 7.41. The lowest BCUT2D eigenvalue weighted by atomic mass is 10.1. The molecular formula is C25H25N5O2. The van der Waals surface area contributed by atoms with Gasteiger partial charge in [-0.3, -0.25) is 19.3 Å². The number of nitrogens with zero attached hydrogens (tertiary/aromatic N) is 4. The molecule has 3 heterocycles. The maximum absolute atomic E-state index is 12.4. The van der Waals surface area contributed by atoms with Crippen LogP contribution in [0.15, 0.2) is 84.2 Å². The van der Waals surface area contributed by atoms with Gasteiger partial charge in [0.15, 0.2) is 0 Å². The Morgan fingerprint density at radius 3 is 2.47 bits per heavy atom. The van der Waals surface area contributed by atoms with Crippen LogP contribution in [0.5, 0.6) is 5.75 Å². The second-order valence-electron chi connectivity index (χ2n) is 7.41. The summed E-state index contributed by atoms with van der Waals surface area (Å²) < 4.78 is 7.42. The first-order valence-electron chi connectivity index (χ1n) is 10.5. The van der Waals surface area contributed by atoms with Crippen molar-refractivity contribution in [3.05, 3.63) is 101 Å². The molecule has 0 atom stereocenters. The SMILES string of the molecule is Cn1c(NCc2cccc(OCCCc3ccncc3)c2)nc(-c2ccncc2)cc1=O. The summed E-state index contributed by atoms with van der Waals surface area (Å²) in [7, 11) is 1.70. The molecule has 0 unspecified atom stereocenters. The predicted molar refractivity (Wildman–Crippen MR) is 125 cm³/mol. The van der Waals surface area contributed by atoms with Crippen molar-refractivity contribution in [2.24, 2.45) is 7.05 Å². The molecule has 0 aliphatic heterocycles. The summed E-state index contributed by atoms with van der Waals surface area (Å²) in [5.74, 6) is 1.33. The van der Waals surface area contributed by atoms with Crippen LogP contribution in [0.2, 0.25) is 0 Å². The Kier molecular flexibility index (Phi) is 6.87. The van der Waals surface area contributed by atoms with Gasteiger partial charge in [0.25, 0.3) is 5.56 Å². The van der Waals surface area contributed by atoms with Gasteiger partial charge in [-0.25, -0.2) is 4.98 Å². The number of nitrogens with one attached hydrogen (secondary N) is 1. The van der Waals surface area contributed by atoms with Crippen LogP contribution in [0.4, 0.5) is 5.95 Å². The highest BCUT2D eigenvalue weighted by Gasteiger charge is 2.08. The van der Waals surface area contributed by atoms with E-state index in [4.69, 9.17) is 4.74 Å². The minimum atomic E-state index is -0.124. The van der Waals surface area contributed by atoms with Gasteiger partial charge in [0.1, 0.15) is 5.75 Å². The van der Waals surface area contributed by atoms with E-state index in [1.807, 2.05) is 60.9 Å². The van der Waals surface area contributed by atoms with E-state index in [-0.39, 0.29) is 5.56 Å². The molecule has 7 heteroatoms. The second kappa shape index (κ2) is 10.3. The van der Waals surface area contributed by atoms with E-state index >= 15 is 0 Å². The quantitative estimate of drug-likeness (QED) is 0.409. The molecule has 0 saturated heterocycles. The summed E-state index contributed by atoms with van der Waals surface area (Å²) >= 11 is 0. The first-order chi connectivity index (χ1) is 15.7. The van der Waals surface area contributed by atoms with Gasteiger partial charge in [-0.05, 0) is 60.4 Å². The number of ether oxygens (including phenoxy) is 1. The van der Waals surface area contributed by atoms with E-state index in [0.717, 1.165) is 29.7 Å². The van der Waals surface area contributed by atoms with Crippen LogP contribution < -0.4 is 15.6 Å². The highest BCUT2D eigenvalue weighted by molar-refractivity contribution is 5.59. The van der Waals surface area contributed by atoms with Crippen molar-refractivity contribution in [1.82, 2.24) is 19.5 Å². The van der Waals surface area contributed by atoms with E-state index in [2.05, 4.69) is 20.3 Å². The lowest BCUT2D eigenvalue weighted by molar-refractivity contribution is 0.311. The molecule has 0 aliphatic carbocycles. The van der Waals surface area contributed by atoms with Crippen LogP contribution in [0.1, 0.15) is 17.5 Å². The molecule has 0 radical (unpaired) electrons. The maximum Gasteiger partial charge on any atom is 0.255 e. The Bertz CT molecular complexity index is 1210. The van der Waals surface area contributed by atoms with Crippen molar-refractivity contribution in [1.29, 1.82) is 0 Å². The first-order valence-corrected chi connectivity index (χ1v) is 10.5. The molecule has 1 N–H and O–H groups in total. The van der Waals surface area contributed by atoms with Gasteiger partial charge in [-0.1, -0.05) is 12.1 Å². The first kappa shape index (κ1) is 21.2. The average molecular weight is 428 g/mol. The average Bonchev–Trinajstić information content (AvgIpc) is 2.84. The summed E-state index contributed by atoms with van der Waals surface area (Å²) in [4.78, 5) is 25.1. The van der Waals surface area contributed by atoms with Crippen LogP contribution in [0, 0.1) is 0 Å². The van der Waals surface area contributed by atoms with Crippen molar-refractivity contribution >= 4 is 5.95 Å². The topological polar surface area (TPSA) is 81.9 Å². The molecule has 0 amide bonds. The van der Waals surface area contributed by atoms with Crippen LogP contribution in [-0.2, 0) is 20.0 Å². The van der Waals surface area contributed by atoms with Gasteiger partial charge in [-0.2, -0.15) is 0 Å². The molecule has 32 heavy (non-hydrogen) atoms. The van der Waals surface area contributed by atoms with Gasteiger partial charge < -0.3 is 10.1 Å². The zero-order chi connectivity index (χ0) is 22.2. The molecule has 0 saturated carbocycles. The van der Waals surface area contributed by atoms with Crippen LogP contribution in [0.25, 0.3) is 11.3 Å². The highest BCUT2D eigenvalue weighted by atomic mass is 16.5. The lowest BCUT2D eigenvalue weighted by Crippen LogP contribution is -2.21. The van der Waals surface area contributed by atoms with E-state index in [9.17, 15) is 4.79 Å². The molecule has 0 spiro atoms. The molecule has 7 nitrogen and oxygen atoms in total. The number of aryl methyl sites for hydroxylation is 1. The van der Waals surface area contributed by atoms with E-state index in [1.165, 1.54) is 16.2 Å².